The van der Waals surface area contributed by atoms with Crippen molar-refractivity contribution in [3.63, 3.8) is 0 Å². The molecule has 0 N–H and O–H groups in total. The van der Waals surface area contributed by atoms with Crippen LogP contribution in [0.3, 0.4) is 0 Å². The Balaban J connectivity index is 0. The summed E-state index contributed by atoms with van der Waals surface area (Å²) in [4.78, 5) is 0. The normalized spacial score (nSPS) is 0. The van der Waals surface area contributed by atoms with E-state index in [2.05, 4.69) is 0 Å². The zero-order valence-electron chi connectivity index (χ0n) is 5.01. The van der Waals surface area contributed by atoms with Gasteiger partial charge in [0.2, 0.25) is 0 Å². The van der Waals surface area contributed by atoms with Crippen molar-refractivity contribution in [1.29, 1.82) is 0 Å². The summed E-state index contributed by atoms with van der Waals surface area (Å²) in [5, 5.41) is 0. The molecule has 0 aliphatic carbocycles. The smallest absolute Gasteiger partial charge is 1.00 e. The molecule has 0 aromatic carbocycles. The molecule has 0 nitrogen and oxygen atoms in total. The Morgan fingerprint density at radius 1 is 0.278 bits per heavy atom. The average molecular weight is 1010 g/mol. The van der Waals surface area contributed by atoms with Crippen LogP contribution in [0.5, 0.6) is 0 Å². The van der Waals surface area contributed by atoms with Crippen LogP contribution in [0.25, 0.3) is 0 Å². The number of halogens is 1. The van der Waals surface area contributed by atoms with E-state index in [4.69, 9.17) is 0 Å². The van der Waals surface area contributed by atoms with Crippen LogP contribution in [0.2, 0.25) is 0 Å². The summed E-state index contributed by atoms with van der Waals surface area (Å²) in [6.07, 6.45) is 0. The SMILES string of the molecule is C.C.C.C.C.C.C.C.C.C.[CH3-].[F-].[K+].[K+].[W].[W].[W].[W]. The predicted molar refractivity (Wildman–Crippen MR) is 73.7 cm³/mol. The summed E-state index contributed by atoms with van der Waals surface area (Å²) in [5.74, 6) is 0. The summed E-state index contributed by atoms with van der Waals surface area (Å²) in [5.41, 5.74) is 0. The number of hydrogen-bond donors (Lipinski definition) is 0. The second kappa shape index (κ2) is 312. The van der Waals surface area contributed by atoms with E-state index >= 15 is 0 Å². The second-order valence-corrected chi connectivity index (χ2v) is 0. The van der Waals surface area contributed by atoms with Gasteiger partial charge in [0.05, 0.1) is 0 Å². The minimum Gasteiger partial charge on any atom is -1.00 e. The van der Waals surface area contributed by atoms with Crippen LogP contribution in [0.4, 0.5) is 0 Å². The minimum atomic E-state index is 0. The zero-order chi connectivity index (χ0) is 0. The van der Waals surface area contributed by atoms with Crippen molar-refractivity contribution in [3.05, 3.63) is 7.43 Å². The van der Waals surface area contributed by atoms with E-state index in [0.29, 0.717) is 0 Å². The molecule has 0 saturated heterocycles. The molecule has 0 fully saturated rings. The number of hydrogen-bond acceptors (Lipinski definition) is 0. The van der Waals surface area contributed by atoms with E-state index in [9.17, 15) is 0 Å². The van der Waals surface area contributed by atoms with Gasteiger partial charge in [-0.15, -0.1) is 0 Å². The molecule has 7 heteroatoms. The summed E-state index contributed by atoms with van der Waals surface area (Å²) in [6, 6.07) is 0. The molecular formula is C11H43FK2W4. The molecule has 0 rings (SSSR count). The van der Waals surface area contributed by atoms with Gasteiger partial charge in [-0.3, -0.25) is 0 Å². The van der Waals surface area contributed by atoms with E-state index in [1.54, 1.807) is 0 Å². The van der Waals surface area contributed by atoms with Crippen LogP contribution in [0, 0.1) is 7.43 Å². The van der Waals surface area contributed by atoms with Gasteiger partial charge >= 0.3 is 103 Å². The van der Waals surface area contributed by atoms with Crippen molar-refractivity contribution in [2.45, 2.75) is 74.3 Å². The zero-order valence-corrected chi connectivity index (χ0v) is 23.0. The predicted octanol–water partition coefficient (Wildman–Crippen LogP) is -2.19. The number of rotatable bonds is 0. The van der Waals surface area contributed by atoms with Crippen LogP contribution in [0.1, 0.15) is 74.3 Å². The molecule has 0 bridgehead atoms. The van der Waals surface area contributed by atoms with Gasteiger partial charge in [0.15, 0.2) is 0 Å². The first-order valence-electron chi connectivity index (χ1n) is 0. The third-order valence-electron chi connectivity index (χ3n) is 0. The van der Waals surface area contributed by atoms with Crippen LogP contribution >= 0.6 is 0 Å². The Kier molecular flexibility index (Phi) is 6170. The Morgan fingerprint density at radius 3 is 0.278 bits per heavy atom. The summed E-state index contributed by atoms with van der Waals surface area (Å²) < 4.78 is 0. The topological polar surface area (TPSA) is 0 Å². The van der Waals surface area contributed by atoms with Crippen molar-refractivity contribution >= 4 is 0 Å². The van der Waals surface area contributed by atoms with Crippen molar-refractivity contribution < 1.29 is 192 Å². The van der Waals surface area contributed by atoms with Gasteiger partial charge in [-0.25, -0.2) is 0 Å². The van der Waals surface area contributed by atoms with Crippen LogP contribution in [-0.2, 0) is 84.3 Å². The summed E-state index contributed by atoms with van der Waals surface area (Å²) >= 11 is 0. The maximum Gasteiger partial charge on any atom is 1.00 e. The summed E-state index contributed by atoms with van der Waals surface area (Å²) in [6.45, 7) is 0. The van der Waals surface area contributed by atoms with E-state index in [1.165, 1.54) is 0 Å². The molecule has 0 radical (unpaired) electrons. The maximum absolute atomic E-state index is 0. The third-order valence-corrected chi connectivity index (χ3v) is 0. The standard InChI is InChI=1S/10CH4.CH3.FH.2K.4W/h10*1H4;1H3;1H;;;;;;/q;;;;;;;;;;-1;;2*+1;;;;/p-1. The molecule has 0 atom stereocenters. The van der Waals surface area contributed by atoms with Gasteiger partial charge < -0.3 is 12.1 Å². The Bertz CT molecular complexity index is 27.0. The molecule has 0 aliphatic rings. The second-order valence-electron chi connectivity index (χ2n) is 0. The largest absolute Gasteiger partial charge is 1.00 e. The fraction of sp³-hybridized carbons (Fsp3) is 0.909. The molecule has 0 spiro atoms. The molecule has 0 aromatic rings. The van der Waals surface area contributed by atoms with Crippen molar-refractivity contribution in [2.24, 2.45) is 0 Å². The van der Waals surface area contributed by atoms with E-state index in [1.807, 2.05) is 0 Å². The van der Waals surface area contributed by atoms with E-state index in [0.717, 1.165) is 0 Å². The van der Waals surface area contributed by atoms with E-state index in [-0.39, 0.29) is 273 Å². The molecule has 0 unspecified atom stereocenters. The molecule has 0 amide bonds. The third kappa shape index (κ3) is 272. The van der Waals surface area contributed by atoms with E-state index < -0.39 is 0 Å². The van der Waals surface area contributed by atoms with Gasteiger partial charge in [-0.2, -0.15) is 0 Å². The first kappa shape index (κ1) is 356. The molecule has 0 aromatic heterocycles. The van der Waals surface area contributed by atoms with Gasteiger partial charge in [-0.1, -0.05) is 74.3 Å². The van der Waals surface area contributed by atoms with Crippen LogP contribution in [0.15, 0.2) is 0 Å². The molecule has 0 heterocycles. The molecule has 0 saturated carbocycles. The fourth-order valence-corrected chi connectivity index (χ4v) is 0. The quantitative estimate of drug-likeness (QED) is 0.192. The first-order chi connectivity index (χ1) is 0. The van der Waals surface area contributed by atoms with Crippen molar-refractivity contribution in [1.82, 2.24) is 0 Å². The Hall–Kier alpha value is 5.96. The molecular weight excluding hydrogens is 965 g/mol. The average Bonchev–Trinajstić information content (AvgIpc) is 0. The maximum atomic E-state index is 0. The van der Waals surface area contributed by atoms with Crippen LogP contribution < -0.4 is 107 Å². The van der Waals surface area contributed by atoms with Gasteiger partial charge in [0, 0.05) is 84.3 Å². The molecule has 0 aliphatic heterocycles. The van der Waals surface area contributed by atoms with Crippen LogP contribution in [-0.4, -0.2) is 0 Å². The Morgan fingerprint density at radius 2 is 0.278 bits per heavy atom. The van der Waals surface area contributed by atoms with Crippen molar-refractivity contribution in [2.75, 3.05) is 0 Å². The monoisotopic (exact) mass is 1010 g/mol. The Labute approximate surface area is 267 Å². The van der Waals surface area contributed by atoms with Gasteiger partial charge in [-0.05, 0) is 0 Å². The molecule has 18 heavy (non-hydrogen) atoms. The summed E-state index contributed by atoms with van der Waals surface area (Å²) in [7, 11) is 0. The fourth-order valence-electron chi connectivity index (χ4n) is 0. The first-order valence-corrected chi connectivity index (χ1v) is 0. The minimum absolute atomic E-state index is 0. The van der Waals surface area contributed by atoms with Gasteiger partial charge in [0.25, 0.3) is 0 Å². The molecule has 120 valence electrons. The van der Waals surface area contributed by atoms with Gasteiger partial charge in [0.1, 0.15) is 0 Å². The van der Waals surface area contributed by atoms with Crippen molar-refractivity contribution in [3.8, 4) is 0 Å².